The lowest BCUT2D eigenvalue weighted by Crippen LogP contribution is -2.66. The number of phenolic OH excluding ortho intramolecular Hbond substituents is 4. The van der Waals surface area contributed by atoms with Gasteiger partial charge in [0, 0.05) is 6.08 Å². The third kappa shape index (κ3) is 9.74. The van der Waals surface area contributed by atoms with Crippen LogP contribution >= 0.6 is 0 Å². The van der Waals surface area contributed by atoms with Crippen LogP contribution in [0.2, 0.25) is 0 Å². The molecule has 3 fully saturated rings. The zero-order valence-electron chi connectivity index (χ0n) is 28.4. The molecular formula is C34H44O20. The Kier molecular flexibility index (Phi) is 14.0. The number of ether oxygens (including phenoxy) is 7. The van der Waals surface area contributed by atoms with Gasteiger partial charge in [-0.05, 0) is 47.9 Å². The molecule has 0 bridgehead atoms. The van der Waals surface area contributed by atoms with E-state index in [4.69, 9.17) is 33.2 Å². The number of benzene rings is 2. The summed E-state index contributed by atoms with van der Waals surface area (Å²) < 4.78 is 40.0. The molecule has 54 heavy (non-hydrogen) atoms. The van der Waals surface area contributed by atoms with Crippen LogP contribution in [-0.4, -0.2) is 180 Å². The first-order valence-corrected chi connectivity index (χ1v) is 16.8. The number of rotatable bonds is 13. The van der Waals surface area contributed by atoms with Gasteiger partial charge in [-0.25, -0.2) is 4.79 Å². The highest BCUT2D eigenvalue weighted by molar-refractivity contribution is 5.87. The van der Waals surface area contributed by atoms with E-state index in [1.807, 2.05) is 0 Å². The molecular weight excluding hydrogens is 728 g/mol. The Morgan fingerprint density at radius 2 is 1.35 bits per heavy atom. The molecule has 3 aliphatic rings. The smallest absolute Gasteiger partial charge is 0.330 e. The van der Waals surface area contributed by atoms with Gasteiger partial charge in [-0.3, -0.25) is 0 Å². The number of carbonyl (C=O) groups excluding carboxylic acids is 1. The van der Waals surface area contributed by atoms with Crippen LogP contribution in [0.25, 0.3) is 6.08 Å². The van der Waals surface area contributed by atoms with Gasteiger partial charge < -0.3 is 94.4 Å². The Morgan fingerprint density at radius 1 is 0.704 bits per heavy atom. The van der Waals surface area contributed by atoms with Crippen LogP contribution in [0, 0.1) is 0 Å². The maximum absolute atomic E-state index is 12.7. The summed E-state index contributed by atoms with van der Waals surface area (Å²) in [6.45, 7) is -2.20. The lowest BCUT2D eigenvalue weighted by Gasteiger charge is -2.48. The molecule has 20 nitrogen and oxygen atoms in total. The largest absolute Gasteiger partial charge is 0.504 e. The highest BCUT2D eigenvalue weighted by Crippen LogP contribution is 2.34. The molecule has 0 spiro atoms. The van der Waals surface area contributed by atoms with Crippen molar-refractivity contribution in [3.05, 3.63) is 53.6 Å². The van der Waals surface area contributed by atoms with E-state index in [-0.39, 0.29) is 24.5 Å². The molecule has 2 aromatic rings. The van der Waals surface area contributed by atoms with Crippen LogP contribution < -0.4 is 0 Å². The fourth-order valence-corrected chi connectivity index (χ4v) is 5.89. The summed E-state index contributed by atoms with van der Waals surface area (Å²) in [5.41, 5.74) is 0.819. The lowest BCUT2D eigenvalue weighted by atomic mass is 9.96. The minimum absolute atomic E-state index is 0.0892. The van der Waals surface area contributed by atoms with Crippen molar-refractivity contribution >= 4 is 12.0 Å². The van der Waals surface area contributed by atoms with E-state index in [1.165, 1.54) is 42.5 Å². The monoisotopic (exact) mass is 772 g/mol. The molecule has 3 heterocycles. The van der Waals surface area contributed by atoms with Gasteiger partial charge in [0.05, 0.1) is 19.8 Å². The standard InChI is InChI=1S/C34H44O20/c35-11-21-25(43)27(45)29(47)33(51-21)53-30-26(44)22(13-49-23(41)6-3-14-1-4-16(36)18(38)9-14)52-34(48-8-7-15-2-5-17(37)19(39)10-15)31(30)54-32-28(46)24(42)20(40)12-50-32/h1-6,9-10,20-22,24-40,42-47H,7-8,11-13H2/b6-3+/t20-,21-,22-,24-,25-,26-,27+,28+,29-,30+,31-,32-,33+,34-/m1/s1. The van der Waals surface area contributed by atoms with E-state index in [0.717, 1.165) is 6.08 Å². The highest BCUT2D eigenvalue weighted by Gasteiger charge is 2.54. The topological polar surface area (TPSA) is 324 Å². The van der Waals surface area contributed by atoms with Gasteiger partial charge in [0.25, 0.3) is 0 Å². The second-order valence-electron chi connectivity index (χ2n) is 12.8. The molecule has 0 aromatic heterocycles. The van der Waals surface area contributed by atoms with Gasteiger partial charge >= 0.3 is 5.97 Å². The third-order valence-corrected chi connectivity index (χ3v) is 9.02. The van der Waals surface area contributed by atoms with Crippen LogP contribution in [0.5, 0.6) is 23.0 Å². The molecule has 0 unspecified atom stereocenters. The number of esters is 1. The first-order valence-electron chi connectivity index (χ1n) is 16.8. The Morgan fingerprint density at radius 3 is 2.04 bits per heavy atom. The van der Waals surface area contributed by atoms with Crippen LogP contribution in [0.15, 0.2) is 42.5 Å². The molecule has 12 N–H and O–H groups in total. The molecule has 2 aromatic carbocycles. The zero-order chi connectivity index (χ0) is 39.3. The van der Waals surface area contributed by atoms with Crippen molar-refractivity contribution in [2.24, 2.45) is 0 Å². The maximum atomic E-state index is 12.7. The molecule has 0 saturated carbocycles. The highest BCUT2D eigenvalue weighted by atomic mass is 16.8. The first kappa shape index (κ1) is 41.5. The van der Waals surface area contributed by atoms with Crippen molar-refractivity contribution in [1.82, 2.24) is 0 Å². The van der Waals surface area contributed by atoms with Crippen LogP contribution in [0.4, 0.5) is 0 Å². The predicted octanol–water partition coefficient (Wildman–Crippen LogP) is -3.58. The van der Waals surface area contributed by atoms with Gasteiger partial charge in [0.2, 0.25) is 0 Å². The molecule has 14 atom stereocenters. The number of aliphatic hydroxyl groups is 8. The molecule has 0 aliphatic carbocycles. The van der Waals surface area contributed by atoms with E-state index in [0.29, 0.717) is 11.1 Å². The van der Waals surface area contributed by atoms with E-state index in [2.05, 4.69) is 0 Å². The summed E-state index contributed by atoms with van der Waals surface area (Å²) in [5, 5.41) is 123. The summed E-state index contributed by atoms with van der Waals surface area (Å²) >= 11 is 0. The molecule has 20 heteroatoms. The molecule has 0 amide bonds. The Bertz CT molecular complexity index is 1570. The van der Waals surface area contributed by atoms with Gasteiger partial charge in [-0.1, -0.05) is 12.1 Å². The molecule has 3 aliphatic heterocycles. The second kappa shape index (κ2) is 18.3. The number of aromatic hydroxyl groups is 4. The minimum atomic E-state index is -1.96. The molecule has 0 radical (unpaired) electrons. The fourth-order valence-electron chi connectivity index (χ4n) is 5.89. The summed E-state index contributed by atoms with van der Waals surface area (Å²) in [6, 6.07) is 7.81. The van der Waals surface area contributed by atoms with E-state index < -0.39 is 123 Å². The number of hydrogen-bond acceptors (Lipinski definition) is 20. The van der Waals surface area contributed by atoms with Crippen molar-refractivity contribution in [2.45, 2.75) is 92.4 Å². The SMILES string of the molecule is O=C(/C=C/c1ccc(O)c(O)c1)OC[C@H]1O[C@@H](OCCc2ccc(O)c(O)c2)[C@H](O[C@H]2OC[C@@H](O)[C@@H](O)[C@@H]2O)[C@@H](O[C@@H]2O[C@H](CO)[C@@H](O)[C@H](O)[C@H]2O)[C@@H]1O. The molecule has 300 valence electrons. The average Bonchev–Trinajstić information content (AvgIpc) is 3.15. The zero-order valence-corrected chi connectivity index (χ0v) is 28.4. The van der Waals surface area contributed by atoms with Gasteiger partial charge in [0.1, 0.15) is 73.8 Å². The quantitative estimate of drug-likeness (QED) is 0.0532. The Hall–Kier alpha value is -3.71. The van der Waals surface area contributed by atoms with Crippen molar-refractivity contribution in [2.75, 3.05) is 26.4 Å². The predicted molar refractivity (Wildman–Crippen MR) is 175 cm³/mol. The van der Waals surface area contributed by atoms with E-state index in [9.17, 15) is 66.1 Å². The Balaban J connectivity index is 1.41. The molecule has 5 rings (SSSR count). The van der Waals surface area contributed by atoms with Gasteiger partial charge in [-0.2, -0.15) is 0 Å². The number of phenols is 4. The number of hydrogen-bond donors (Lipinski definition) is 12. The second-order valence-corrected chi connectivity index (χ2v) is 12.8. The normalized spacial score (nSPS) is 35.9. The summed E-state index contributed by atoms with van der Waals surface area (Å²) in [5.74, 6) is -2.52. The van der Waals surface area contributed by atoms with E-state index >= 15 is 0 Å². The fraction of sp³-hybridized carbons (Fsp3) is 0.559. The Labute approximate surface area is 306 Å². The van der Waals surface area contributed by atoms with E-state index in [1.54, 1.807) is 0 Å². The van der Waals surface area contributed by atoms with Crippen molar-refractivity contribution < 1.29 is 99.2 Å². The lowest BCUT2D eigenvalue weighted by molar-refractivity contribution is -0.386. The van der Waals surface area contributed by atoms with Gasteiger partial charge in [-0.15, -0.1) is 0 Å². The average molecular weight is 773 g/mol. The van der Waals surface area contributed by atoms with Crippen LogP contribution in [0.3, 0.4) is 0 Å². The minimum Gasteiger partial charge on any atom is -0.504 e. The van der Waals surface area contributed by atoms with Crippen molar-refractivity contribution in [3.8, 4) is 23.0 Å². The van der Waals surface area contributed by atoms with Crippen LogP contribution in [0.1, 0.15) is 11.1 Å². The van der Waals surface area contributed by atoms with Gasteiger partial charge in [0.15, 0.2) is 41.9 Å². The first-order chi connectivity index (χ1) is 25.7. The van der Waals surface area contributed by atoms with Crippen molar-refractivity contribution in [3.63, 3.8) is 0 Å². The van der Waals surface area contributed by atoms with Crippen molar-refractivity contribution in [1.29, 1.82) is 0 Å². The maximum Gasteiger partial charge on any atom is 0.330 e. The summed E-state index contributed by atoms with van der Waals surface area (Å²) in [6.07, 6.45) is -21.8. The summed E-state index contributed by atoms with van der Waals surface area (Å²) in [7, 11) is 0. The molecule has 3 saturated heterocycles. The number of aliphatic hydroxyl groups excluding tert-OH is 8. The summed E-state index contributed by atoms with van der Waals surface area (Å²) in [4.78, 5) is 12.7. The van der Waals surface area contributed by atoms with Crippen LogP contribution in [-0.2, 0) is 44.4 Å². The number of carbonyl (C=O) groups is 1. The third-order valence-electron chi connectivity index (χ3n) is 9.02.